The molecule has 0 aromatic carbocycles. The van der Waals surface area contributed by atoms with E-state index in [1.807, 2.05) is 0 Å². The van der Waals surface area contributed by atoms with Crippen LogP contribution in [0.2, 0.25) is 0 Å². The van der Waals surface area contributed by atoms with Gasteiger partial charge >= 0.3 is 79.8 Å². The van der Waals surface area contributed by atoms with Gasteiger partial charge in [-0.1, -0.05) is 0 Å². The first-order valence-electron chi connectivity index (χ1n) is 1.37. The fourth-order valence-corrected chi connectivity index (χ4v) is 1.85. The Bertz CT molecular complexity index is 237. The van der Waals surface area contributed by atoms with Gasteiger partial charge in [0.05, 0.1) is 0 Å². The normalized spacial score (nSPS) is 11.1. The molecule has 0 atom stereocenters. The third kappa shape index (κ3) is 18.2. The SMILES string of the molecule is O.[BiH3].[O]=[Cr](=[O])([OH])[O][Cr](=[O])(=[O])[OH]. The molecular formula is H7BiCr2O8. The second-order valence-corrected chi connectivity index (χ2v) is 4.68. The average molecular weight is 448 g/mol. The zero-order valence-corrected chi connectivity index (χ0v) is 13.0. The van der Waals surface area contributed by atoms with Crippen molar-refractivity contribution in [2.24, 2.45) is 0 Å². The maximum absolute atomic E-state index is 9.53. The van der Waals surface area contributed by atoms with Crippen LogP contribution in [0, 0.1) is 0 Å². The van der Waals surface area contributed by atoms with Gasteiger partial charge in [-0.05, 0) is 0 Å². The summed E-state index contributed by atoms with van der Waals surface area (Å²) in [6.07, 6.45) is 0. The molecule has 72 valence electrons. The molecule has 11 heteroatoms. The van der Waals surface area contributed by atoms with Crippen molar-refractivity contribution in [1.82, 2.24) is 0 Å². The summed E-state index contributed by atoms with van der Waals surface area (Å²) in [6.45, 7) is 0. The Balaban J connectivity index is -0.000000320. The van der Waals surface area contributed by atoms with Crippen LogP contribution in [0.3, 0.4) is 0 Å². The van der Waals surface area contributed by atoms with Crippen molar-refractivity contribution in [1.29, 1.82) is 0 Å². The van der Waals surface area contributed by atoms with Gasteiger partial charge in [0.1, 0.15) is 0 Å². The molecular weight excluding hydrogens is 441 g/mol. The van der Waals surface area contributed by atoms with E-state index in [9.17, 15) is 15.2 Å². The quantitative estimate of drug-likeness (QED) is 0.414. The van der Waals surface area contributed by atoms with Gasteiger partial charge in [0, 0.05) is 0 Å². The Morgan fingerprint density at radius 3 is 1.09 bits per heavy atom. The molecule has 0 aromatic rings. The summed E-state index contributed by atoms with van der Waals surface area (Å²) in [5, 5.41) is 0. The fraction of sp³-hybridized carbons (Fsp3) is 0. The first-order valence-corrected chi connectivity index (χ1v) is 5.63. The van der Waals surface area contributed by atoms with Crippen molar-refractivity contribution in [2.45, 2.75) is 0 Å². The molecule has 8 nitrogen and oxygen atoms in total. The van der Waals surface area contributed by atoms with Gasteiger partial charge in [-0.2, -0.15) is 0 Å². The molecule has 0 saturated heterocycles. The Labute approximate surface area is 84.8 Å². The van der Waals surface area contributed by atoms with E-state index in [-0.39, 0.29) is 31.7 Å². The molecule has 0 spiro atoms. The summed E-state index contributed by atoms with van der Waals surface area (Å²) in [5.74, 6) is 0. The summed E-state index contributed by atoms with van der Waals surface area (Å²) in [4.78, 5) is 0. The molecule has 0 radical (unpaired) electrons. The molecule has 0 saturated carbocycles. The minimum absolute atomic E-state index is 0. The molecule has 0 fully saturated rings. The molecule has 0 bridgehead atoms. The van der Waals surface area contributed by atoms with Crippen molar-refractivity contribution in [2.75, 3.05) is 0 Å². The number of hydrogen-bond donors (Lipinski definition) is 2. The molecule has 11 heavy (non-hydrogen) atoms. The fourth-order valence-electron chi connectivity index (χ4n) is 0.109. The Morgan fingerprint density at radius 2 is 1.09 bits per heavy atom. The topological polar surface area (TPSA) is 149 Å². The molecule has 0 aromatic heterocycles. The molecule has 0 aliphatic carbocycles. The second-order valence-electron chi connectivity index (χ2n) is 0.924. The zero-order chi connectivity index (χ0) is 7.71. The molecule has 0 heterocycles. The van der Waals surface area contributed by atoms with E-state index >= 15 is 0 Å². The van der Waals surface area contributed by atoms with Crippen LogP contribution in [0.1, 0.15) is 0 Å². The predicted octanol–water partition coefficient (Wildman–Crippen LogP) is -3.67. The van der Waals surface area contributed by atoms with Gasteiger partial charge in [0.25, 0.3) is 0 Å². The van der Waals surface area contributed by atoms with E-state index in [1.165, 1.54) is 0 Å². The van der Waals surface area contributed by atoms with Crippen molar-refractivity contribution in [3.63, 3.8) is 0 Å². The Kier molecular flexibility index (Phi) is 9.13. The van der Waals surface area contributed by atoms with E-state index in [0.717, 1.165) is 0 Å². The molecule has 0 aliphatic rings. The number of rotatable bonds is 2. The van der Waals surface area contributed by atoms with Gasteiger partial charge < -0.3 is 5.48 Å². The average Bonchev–Trinajstić information content (AvgIpc) is 1.14. The third-order valence-electron chi connectivity index (χ3n) is 0.172. The standard InChI is InChI=1S/Bi.2Cr.3H2O.5O.3H/h;;;3*1H2;;;;;;;;/q;2*+1;;;;;;;;;;;/p-2. The first-order chi connectivity index (χ1) is 3.71. The van der Waals surface area contributed by atoms with Gasteiger partial charge in [-0.15, -0.1) is 0 Å². The first kappa shape index (κ1) is 17.9. The minimum atomic E-state index is -5.76. The van der Waals surface area contributed by atoms with Crippen molar-refractivity contribution in [3.05, 3.63) is 0 Å². The van der Waals surface area contributed by atoms with Gasteiger partial charge in [0.15, 0.2) is 0 Å². The molecule has 0 aliphatic heterocycles. The van der Waals surface area contributed by atoms with Crippen molar-refractivity contribution < 1.29 is 59.1 Å². The number of hydrogen-bond acceptors (Lipinski definition) is 5. The van der Waals surface area contributed by atoms with Crippen molar-refractivity contribution >= 4 is 26.2 Å². The van der Waals surface area contributed by atoms with E-state index < -0.39 is 27.2 Å². The Morgan fingerprint density at radius 1 is 0.909 bits per heavy atom. The van der Waals surface area contributed by atoms with Crippen LogP contribution < -0.4 is 0 Å². The Hall–Kier alpha value is 0.988. The van der Waals surface area contributed by atoms with Crippen LogP contribution in [0.25, 0.3) is 0 Å². The summed E-state index contributed by atoms with van der Waals surface area (Å²) >= 11 is -11.5. The van der Waals surface area contributed by atoms with E-state index in [4.69, 9.17) is 8.32 Å². The van der Waals surface area contributed by atoms with Crippen LogP contribution in [-0.2, 0) is 45.3 Å². The van der Waals surface area contributed by atoms with E-state index in [2.05, 4.69) is 2.84 Å². The van der Waals surface area contributed by atoms with Gasteiger partial charge in [0.2, 0.25) is 0 Å². The van der Waals surface area contributed by atoms with Crippen LogP contribution in [0.4, 0.5) is 0 Å². The van der Waals surface area contributed by atoms with Crippen LogP contribution >= 0.6 is 0 Å². The van der Waals surface area contributed by atoms with Crippen molar-refractivity contribution in [3.8, 4) is 0 Å². The summed E-state index contributed by atoms with van der Waals surface area (Å²) in [7, 11) is 0. The summed E-state index contributed by atoms with van der Waals surface area (Å²) in [6, 6.07) is 0. The molecule has 0 unspecified atom stereocenters. The summed E-state index contributed by atoms with van der Waals surface area (Å²) in [5.41, 5.74) is 0. The predicted molar refractivity (Wildman–Crippen MR) is 21.8 cm³/mol. The third-order valence-corrected chi connectivity index (χ3v) is 2.92. The van der Waals surface area contributed by atoms with Crippen LogP contribution in [0.15, 0.2) is 0 Å². The van der Waals surface area contributed by atoms with E-state index in [1.54, 1.807) is 0 Å². The monoisotopic (exact) mass is 448 g/mol. The molecule has 0 rings (SSSR count). The molecule has 0 amide bonds. The molecule has 4 N–H and O–H groups in total. The van der Waals surface area contributed by atoms with Gasteiger partial charge in [-0.25, -0.2) is 0 Å². The van der Waals surface area contributed by atoms with Gasteiger partial charge in [-0.3, -0.25) is 0 Å². The maximum atomic E-state index is 9.53. The second kappa shape index (κ2) is 5.60. The van der Waals surface area contributed by atoms with Crippen LogP contribution in [0.5, 0.6) is 0 Å². The van der Waals surface area contributed by atoms with E-state index in [0.29, 0.717) is 0 Å². The zero-order valence-electron chi connectivity index (χ0n) is 4.96. The van der Waals surface area contributed by atoms with Crippen LogP contribution in [-0.4, -0.2) is 40.0 Å². The summed E-state index contributed by atoms with van der Waals surface area (Å²) < 4.78 is 56.3.